The number of carbonyl (C=O) groups excluding carboxylic acids is 1. The fourth-order valence-electron chi connectivity index (χ4n) is 4.89. The van der Waals surface area contributed by atoms with Gasteiger partial charge in [-0.3, -0.25) is 0 Å². The van der Waals surface area contributed by atoms with Crippen molar-refractivity contribution in [2.24, 2.45) is 0 Å². The van der Waals surface area contributed by atoms with Gasteiger partial charge in [-0.15, -0.1) is 11.3 Å². The van der Waals surface area contributed by atoms with Crippen LogP contribution >= 0.6 is 11.3 Å². The number of aromatic nitrogens is 1. The van der Waals surface area contributed by atoms with Crippen LogP contribution in [-0.4, -0.2) is 35.8 Å². The van der Waals surface area contributed by atoms with Gasteiger partial charge < -0.3 is 19.5 Å². The third-order valence-electron chi connectivity index (χ3n) is 6.36. The number of amides is 2. The molecule has 0 saturated heterocycles. The maximum Gasteiger partial charge on any atom is 0.318 e. The van der Waals surface area contributed by atoms with E-state index in [0.29, 0.717) is 19.7 Å². The molecule has 6 heteroatoms. The zero-order valence-corrected chi connectivity index (χ0v) is 18.8. The minimum atomic E-state index is -0.127. The van der Waals surface area contributed by atoms with Crippen molar-refractivity contribution in [3.05, 3.63) is 75.9 Å². The Morgan fingerprint density at radius 1 is 1.13 bits per heavy atom. The van der Waals surface area contributed by atoms with Gasteiger partial charge in [-0.2, -0.15) is 0 Å². The maximum absolute atomic E-state index is 13.5. The molecular formula is C25H29N3O2S. The van der Waals surface area contributed by atoms with Gasteiger partial charge in [0.15, 0.2) is 0 Å². The molecule has 0 radical (unpaired) electrons. The van der Waals surface area contributed by atoms with E-state index >= 15 is 0 Å². The molecule has 3 aromatic rings. The van der Waals surface area contributed by atoms with Gasteiger partial charge in [0.05, 0.1) is 18.3 Å². The summed E-state index contributed by atoms with van der Waals surface area (Å²) >= 11 is 1.92. The summed E-state index contributed by atoms with van der Waals surface area (Å²) in [4.78, 5) is 17.0. The van der Waals surface area contributed by atoms with Crippen LogP contribution in [0.4, 0.5) is 4.79 Å². The van der Waals surface area contributed by atoms with Crippen LogP contribution in [0.5, 0.6) is 0 Å². The van der Waals surface area contributed by atoms with Crippen molar-refractivity contribution in [1.82, 2.24) is 14.8 Å². The highest BCUT2D eigenvalue weighted by Gasteiger charge is 2.35. The molecule has 0 fully saturated rings. The second-order valence-electron chi connectivity index (χ2n) is 8.32. The van der Waals surface area contributed by atoms with Crippen LogP contribution in [-0.2, 0) is 24.1 Å². The maximum atomic E-state index is 13.5. The molecule has 31 heavy (non-hydrogen) atoms. The van der Waals surface area contributed by atoms with Gasteiger partial charge in [-0.05, 0) is 55.4 Å². The molecular weight excluding hydrogens is 406 g/mol. The van der Waals surface area contributed by atoms with Crippen molar-refractivity contribution in [2.75, 3.05) is 20.3 Å². The Morgan fingerprint density at radius 2 is 1.97 bits per heavy atom. The van der Waals surface area contributed by atoms with E-state index in [0.717, 1.165) is 30.5 Å². The summed E-state index contributed by atoms with van der Waals surface area (Å²) < 4.78 is 7.47. The van der Waals surface area contributed by atoms with E-state index in [1.807, 2.05) is 22.3 Å². The number of rotatable bonds is 5. The van der Waals surface area contributed by atoms with E-state index in [9.17, 15) is 4.79 Å². The number of hydrogen-bond donors (Lipinski definition) is 1. The second kappa shape index (κ2) is 8.89. The first-order valence-corrected chi connectivity index (χ1v) is 12.0. The van der Waals surface area contributed by atoms with Gasteiger partial charge in [0.2, 0.25) is 0 Å². The van der Waals surface area contributed by atoms with E-state index < -0.39 is 0 Å². The fraction of sp³-hybridized carbons (Fsp3) is 0.400. The number of hydrogen-bond acceptors (Lipinski definition) is 3. The van der Waals surface area contributed by atoms with Crippen molar-refractivity contribution in [3.63, 3.8) is 0 Å². The topological polar surface area (TPSA) is 46.5 Å². The van der Waals surface area contributed by atoms with E-state index in [-0.39, 0.29) is 12.1 Å². The summed E-state index contributed by atoms with van der Waals surface area (Å²) in [6, 6.07) is 14.5. The number of fused-ring (bicyclic) bond motifs is 5. The Morgan fingerprint density at radius 3 is 2.81 bits per heavy atom. The largest absolute Gasteiger partial charge is 0.385 e. The number of benzene rings is 1. The Bertz CT molecular complexity index is 1060. The van der Waals surface area contributed by atoms with Crippen molar-refractivity contribution >= 4 is 17.4 Å². The molecule has 0 spiro atoms. The molecule has 1 aliphatic heterocycles. The predicted molar refractivity (Wildman–Crippen MR) is 124 cm³/mol. The molecule has 5 nitrogen and oxygen atoms in total. The lowest BCUT2D eigenvalue weighted by Crippen LogP contribution is -2.42. The van der Waals surface area contributed by atoms with Gasteiger partial charge >= 0.3 is 6.03 Å². The smallest absolute Gasteiger partial charge is 0.318 e. The minimum Gasteiger partial charge on any atom is -0.385 e. The molecule has 162 valence electrons. The first-order chi connectivity index (χ1) is 15.3. The van der Waals surface area contributed by atoms with Gasteiger partial charge in [-0.1, -0.05) is 30.3 Å². The minimum absolute atomic E-state index is 0.0127. The van der Waals surface area contributed by atoms with E-state index in [4.69, 9.17) is 4.74 Å². The number of aryl methyl sites for hydroxylation is 1. The molecule has 0 saturated carbocycles. The molecule has 2 aliphatic rings. The quantitative estimate of drug-likeness (QED) is 0.569. The molecule has 1 aliphatic carbocycles. The van der Waals surface area contributed by atoms with E-state index in [1.54, 1.807) is 7.11 Å². The molecule has 1 unspecified atom stereocenters. The van der Waals surface area contributed by atoms with Crippen LogP contribution in [0.1, 0.15) is 52.6 Å². The van der Waals surface area contributed by atoms with Crippen LogP contribution < -0.4 is 5.32 Å². The second-order valence-corrected chi connectivity index (χ2v) is 9.40. The summed E-state index contributed by atoms with van der Waals surface area (Å²) in [7, 11) is 1.69. The third kappa shape index (κ3) is 3.79. The SMILES string of the molecule is COCCCNC(=O)N1Cc2c(sc3c2CCCC3)-n2cccc2C1c1ccccc1. The molecule has 3 heterocycles. The van der Waals surface area contributed by atoms with E-state index in [1.165, 1.54) is 33.8 Å². The monoisotopic (exact) mass is 435 g/mol. The van der Waals surface area contributed by atoms with Crippen LogP contribution in [0.3, 0.4) is 0 Å². The lowest BCUT2D eigenvalue weighted by molar-refractivity contribution is 0.174. The average molecular weight is 436 g/mol. The number of urea groups is 1. The Hall–Kier alpha value is -2.57. The molecule has 2 aromatic heterocycles. The van der Waals surface area contributed by atoms with Crippen molar-refractivity contribution in [1.29, 1.82) is 0 Å². The number of nitrogens with zero attached hydrogens (tertiary/aromatic N) is 2. The lowest BCUT2D eigenvalue weighted by atomic mass is 9.95. The zero-order valence-electron chi connectivity index (χ0n) is 18.0. The number of thiophene rings is 1. The highest BCUT2D eigenvalue weighted by Crippen LogP contribution is 2.43. The Labute approximate surface area is 187 Å². The van der Waals surface area contributed by atoms with Crippen molar-refractivity contribution < 1.29 is 9.53 Å². The number of nitrogens with one attached hydrogen (secondary N) is 1. The van der Waals surface area contributed by atoms with Gasteiger partial charge in [-0.25, -0.2) is 4.79 Å². The summed E-state index contributed by atoms with van der Waals surface area (Å²) in [5.74, 6) is 0. The molecule has 1 atom stereocenters. The number of methoxy groups -OCH3 is 1. The Kier molecular flexibility index (Phi) is 5.83. The van der Waals surface area contributed by atoms with Crippen LogP contribution in [0.2, 0.25) is 0 Å². The van der Waals surface area contributed by atoms with Crippen LogP contribution in [0.15, 0.2) is 48.7 Å². The molecule has 1 aromatic carbocycles. The molecule has 5 rings (SSSR count). The predicted octanol–water partition coefficient (Wildman–Crippen LogP) is 5.07. The highest BCUT2D eigenvalue weighted by atomic mass is 32.1. The average Bonchev–Trinajstić information content (AvgIpc) is 3.39. The van der Waals surface area contributed by atoms with Gasteiger partial charge in [0.1, 0.15) is 5.00 Å². The van der Waals surface area contributed by atoms with E-state index in [2.05, 4.69) is 52.5 Å². The first-order valence-electron chi connectivity index (χ1n) is 11.2. The van der Waals surface area contributed by atoms with Crippen molar-refractivity contribution in [3.8, 4) is 5.00 Å². The zero-order chi connectivity index (χ0) is 21.2. The first kappa shape index (κ1) is 20.3. The van der Waals surface area contributed by atoms with Crippen LogP contribution in [0, 0.1) is 0 Å². The summed E-state index contributed by atoms with van der Waals surface area (Å²) in [6.07, 6.45) is 7.75. The molecule has 1 N–H and O–H groups in total. The van der Waals surface area contributed by atoms with Gasteiger partial charge in [0.25, 0.3) is 0 Å². The van der Waals surface area contributed by atoms with Crippen molar-refractivity contribution in [2.45, 2.75) is 44.7 Å². The normalized spacial score (nSPS) is 17.5. The number of ether oxygens (including phenoxy) is 1. The van der Waals surface area contributed by atoms with Crippen LogP contribution in [0.25, 0.3) is 5.00 Å². The summed E-state index contributed by atoms with van der Waals surface area (Å²) in [5.41, 5.74) is 5.11. The third-order valence-corrected chi connectivity index (χ3v) is 7.69. The highest BCUT2D eigenvalue weighted by molar-refractivity contribution is 7.15. The summed E-state index contributed by atoms with van der Waals surface area (Å²) in [6.45, 7) is 1.90. The summed E-state index contributed by atoms with van der Waals surface area (Å²) in [5, 5.41) is 4.44. The number of carbonyl (C=O) groups is 1. The fourth-order valence-corrected chi connectivity index (χ4v) is 6.29. The molecule has 0 bridgehead atoms. The lowest BCUT2D eigenvalue weighted by Gasteiger charge is -2.31. The Balaban J connectivity index is 1.59. The standard InChI is InChI=1S/C25H29N3O2S/c1-30-16-8-14-26-25(29)28-17-20-19-11-5-6-13-22(19)31-24(20)27-15-7-12-21(27)23(28)18-9-3-2-4-10-18/h2-4,7,9-10,12,15,23H,5-6,8,11,13-14,16-17H2,1H3,(H,26,29). The van der Waals surface area contributed by atoms with Gasteiger partial charge in [0, 0.05) is 36.9 Å². The molecule has 2 amide bonds.